The van der Waals surface area contributed by atoms with E-state index in [1.807, 2.05) is 12.1 Å². The van der Waals surface area contributed by atoms with E-state index in [4.69, 9.17) is 14.2 Å². The summed E-state index contributed by atoms with van der Waals surface area (Å²) in [6, 6.07) is 13.0. The number of aliphatic hydroxyl groups excluding tert-OH is 1. The van der Waals surface area contributed by atoms with Gasteiger partial charge in [-0.1, -0.05) is 12.1 Å². The summed E-state index contributed by atoms with van der Waals surface area (Å²) in [5, 5.41) is 24.7. The van der Waals surface area contributed by atoms with Crippen molar-refractivity contribution < 1.29 is 29.2 Å². The zero-order valence-corrected chi connectivity index (χ0v) is 20.3. The Bertz CT molecular complexity index is 1240. The molecule has 0 amide bonds. The Morgan fingerprint density at radius 3 is 2.67 bits per heavy atom. The topological polar surface area (TPSA) is 113 Å². The predicted octanol–water partition coefficient (Wildman–Crippen LogP) is 3.00. The lowest BCUT2D eigenvalue weighted by molar-refractivity contribution is 0.0698. The highest BCUT2D eigenvalue weighted by molar-refractivity contribution is 6.03. The van der Waals surface area contributed by atoms with Crippen molar-refractivity contribution >= 4 is 16.9 Å². The maximum absolute atomic E-state index is 11.7. The molecule has 3 N–H and O–H groups in total. The Morgan fingerprint density at radius 1 is 1.14 bits per heavy atom. The van der Waals surface area contributed by atoms with Crippen LogP contribution in [0.3, 0.4) is 0 Å². The molecule has 9 nitrogen and oxygen atoms in total. The van der Waals surface area contributed by atoms with Crippen LogP contribution in [0.2, 0.25) is 0 Å². The van der Waals surface area contributed by atoms with Gasteiger partial charge in [0.05, 0.1) is 24.3 Å². The van der Waals surface area contributed by atoms with Gasteiger partial charge in [0.25, 0.3) is 0 Å². The summed E-state index contributed by atoms with van der Waals surface area (Å²) in [5.41, 5.74) is 2.38. The standard InChI is InChI=1S/C27H31N3O6/c1-34-25-7-5-19-20(27(32)33)3-4-21(26(19)29-25)22(31)16-30-10-8-18(9-11-30)28-15-17-2-6-23-24(14-17)36-13-12-35-23/h2-7,14,18,22,28,31H,8-13,15-16H2,1H3,(H,32,33). The number of carbonyl (C=O) groups is 1. The molecular weight excluding hydrogens is 462 g/mol. The van der Waals surface area contributed by atoms with Gasteiger partial charge in [-0.2, -0.15) is 0 Å². The van der Waals surface area contributed by atoms with E-state index in [1.54, 1.807) is 18.2 Å². The molecule has 5 rings (SSSR count). The van der Waals surface area contributed by atoms with Gasteiger partial charge in [0.15, 0.2) is 11.5 Å². The van der Waals surface area contributed by atoms with Crippen molar-refractivity contribution in [3.05, 3.63) is 59.2 Å². The van der Waals surface area contributed by atoms with Gasteiger partial charge in [-0.15, -0.1) is 0 Å². The first-order valence-corrected chi connectivity index (χ1v) is 12.2. The number of hydrogen-bond acceptors (Lipinski definition) is 8. The van der Waals surface area contributed by atoms with Crippen molar-refractivity contribution in [3.63, 3.8) is 0 Å². The first-order chi connectivity index (χ1) is 17.5. The molecule has 0 saturated carbocycles. The number of aromatic nitrogens is 1. The fourth-order valence-corrected chi connectivity index (χ4v) is 4.91. The van der Waals surface area contributed by atoms with Gasteiger partial charge in [-0.05, 0) is 55.8 Å². The normalized spacial score (nSPS) is 17.2. The number of benzene rings is 2. The van der Waals surface area contributed by atoms with Crippen molar-refractivity contribution in [2.24, 2.45) is 0 Å². The maximum atomic E-state index is 11.7. The van der Waals surface area contributed by atoms with Crippen molar-refractivity contribution in [2.45, 2.75) is 31.5 Å². The van der Waals surface area contributed by atoms with E-state index in [-0.39, 0.29) is 5.56 Å². The third kappa shape index (κ3) is 5.23. The van der Waals surface area contributed by atoms with Crippen LogP contribution in [0.25, 0.3) is 10.9 Å². The van der Waals surface area contributed by atoms with Crippen LogP contribution in [0.1, 0.15) is 40.4 Å². The zero-order chi connectivity index (χ0) is 25.1. The molecule has 0 aliphatic carbocycles. The average molecular weight is 494 g/mol. The van der Waals surface area contributed by atoms with Crippen LogP contribution in [-0.4, -0.2) is 72.1 Å². The van der Waals surface area contributed by atoms with Gasteiger partial charge in [-0.3, -0.25) is 0 Å². The predicted molar refractivity (Wildman–Crippen MR) is 134 cm³/mol. The van der Waals surface area contributed by atoms with Crippen LogP contribution >= 0.6 is 0 Å². The minimum atomic E-state index is -1.03. The lowest BCUT2D eigenvalue weighted by Crippen LogP contribution is -2.43. The highest BCUT2D eigenvalue weighted by Gasteiger charge is 2.24. The largest absolute Gasteiger partial charge is 0.486 e. The molecule has 1 aromatic heterocycles. The van der Waals surface area contributed by atoms with Crippen molar-refractivity contribution in [1.82, 2.24) is 15.2 Å². The SMILES string of the molecule is COc1ccc2c(C(=O)O)ccc(C(O)CN3CCC(NCc4ccc5c(c4)OCCO5)CC3)c2n1. The van der Waals surface area contributed by atoms with E-state index in [0.29, 0.717) is 48.1 Å². The van der Waals surface area contributed by atoms with E-state index < -0.39 is 12.1 Å². The van der Waals surface area contributed by atoms with Gasteiger partial charge in [0, 0.05) is 36.1 Å². The smallest absolute Gasteiger partial charge is 0.336 e. The Hall–Kier alpha value is -3.40. The second kappa shape index (κ2) is 10.7. The Kier molecular flexibility index (Phi) is 7.22. The molecule has 2 aliphatic heterocycles. The van der Waals surface area contributed by atoms with Crippen LogP contribution in [0.15, 0.2) is 42.5 Å². The molecule has 9 heteroatoms. The number of nitrogens with one attached hydrogen (secondary N) is 1. The van der Waals surface area contributed by atoms with Gasteiger partial charge < -0.3 is 34.6 Å². The molecular formula is C27H31N3O6. The molecule has 36 heavy (non-hydrogen) atoms. The molecule has 0 bridgehead atoms. The molecule has 3 heterocycles. The Morgan fingerprint density at radius 2 is 1.92 bits per heavy atom. The van der Waals surface area contributed by atoms with E-state index in [0.717, 1.165) is 49.5 Å². The van der Waals surface area contributed by atoms with E-state index in [9.17, 15) is 15.0 Å². The zero-order valence-electron chi connectivity index (χ0n) is 20.3. The summed E-state index contributed by atoms with van der Waals surface area (Å²) in [6.07, 6.45) is 1.15. The Balaban J connectivity index is 1.18. The van der Waals surface area contributed by atoms with Crippen LogP contribution in [0.4, 0.5) is 0 Å². The summed E-state index contributed by atoms with van der Waals surface area (Å²) in [4.78, 5) is 18.4. The van der Waals surface area contributed by atoms with Crippen molar-refractivity contribution in [1.29, 1.82) is 0 Å². The number of piperidine rings is 1. The number of carboxylic acids is 1. The fourth-order valence-electron chi connectivity index (χ4n) is 4.91. The molecule has 3 aromatic rings. The number of β-amino-alcohol motifs (C(OH)–C–C–N with tert-alkyl or cyclic N) is 1. The number of methoxy groups -OCH3 is 1. The van der Waals surface area contributed by atoms with Gasteiger partial charge in [-0.25, -0.2) is 9.78 Å². The fraction of sp³-hybridized carbons (Fsp3) is 0.407. The molecule has 1 unspecified atom stereocenters. The Labute approximate surface area is 209 Å². The number of aliphatic hydroxyl groups is 1. The van der Waals surface area contributed by atoms with Gasteiger partial charge in [0.1, 0.15) is 13.2 Å². The molecule has 2 aliphatic rings. The third-order valence-electron chi connectivity index (χ3n) is 6.88. The number of nitrogens with zero attached hydrogens (tertiary/aromatic N) is 2. The van der Waals surface area contributed by atoms with Crippen LogP contribution in [0.5, 0.6) is 17.4 Å². The van der Waals surface area contributed by atoms with Crippen molar-refractivity contribution in [2.75, 3.05) is 40.0 Å². The number of rotatable bonds is 8. The number of ether oxygens (including phenoxy) is 3. The molecule has 2 aromatic carbocycles. The summed E-state index contributed by atoms with van der Waals surface area (Å²) in [7, 11) is 1.51. The minimum Gasteiger partial charge on any atom is -0.486 e. The quantitative estimate of drug-likeness (QED) is 0.436. The van der Waals surface area contributed by atoms with Crippen LogP contribution in [-0.2, 0) is 6.54 Å². The van der Waals surface area contributed by atoms with Crippen LogP contribution < -0.4 is 19.5 Å². The maximum Gasteiger partial charge on any atom is 0.336 e. The summed E-state index contributed by atoms with van der Waals surface area (Å²) in [5.74, 6) is 0.957. The molecule has 190 valence electrons. The van der Waals surface area contributed by atoms with Gasteiger partial charge in [0.2, 0.25) is 5.88 Å². The molecule has 1 saturated heterocycles. The highest BCUT2D eigenvalue weighted by Crippen LogP contribution is 2.31. The summed E-state index contributed by atoms with van der Waals surface area (Å²) >= 11 is 0. The first kappa shape index (κ1) is 24.3. The summed E-state index contributed by atoms with van der Waals surface area (Å²) in [6.45, 7) is 4.11. The van der Waals surface area contributed by atoms with E-state index in [1.165, 1.54) is 13.2 Å². The van der Waals surface area contributed by atoms with Gasteiger partial charge >= 0.3 is 5.97 Å². The third-order valence-corrected chi connectivity index (χ3v) is 6.88. The number of carboxylic acid groups (broad SMARTS) is 1. The number of aromatic carboxylic acids is 1. The lowest BCUT2D eigenvalue weighted by Gasteiger charge is -2.34. The van der Waals surface area contributed by atoms with Crippen LogP contribution in [0, 0.1) is 0 Å². The van der Waals surface area contributed by atoms with Crippen molar-refractivity contribution in [3.8, 4) is 17.4 Å². The monoisotopic (exact) mass is 493 g/mol. The number of likely N-dealkylation sites (tertiary alicyclic amines) is 1. The second-order valence-electron chi connectivity index (χ2n) is 9.21. The molecule has 1 atom stereocenters. The second-order valence-corrected chi connectivity index (χ2v) is 9.21. The summed E-state index contributed by atoms with van der Waals surface area (Å²) < 4.78 is 16.5. The lowest BCUT2D eigenvalue weighted by atomic mass is 9.98. The molecule has 0 spiro atoms. The number of hydrogen-bond donors (Lipinski definition) is 3. The first-order valence-electron chi connectivity index (χ1n) is 12.2. The highest BCUT2D eigenvalue weighted by atomic mass is 16.6. The van der Waals surface area contributed by atoms with E-state index in [2.05, 4.69) is 21.3 Å². The minimum absolute atomic E-state index is 0.154. The molecule has 0 radical (unpaired) electrons. The number of pyridine rings is 1. The number of fused-ring (bicyclic) bond motifs is 2. The average Bonchev–Trinajstić information content (AvgIpc) is 2.91. The van der Waals surface area contributed by atoms with E-state index >= 15 is 0 Å². The molecule has 1 fully saturated rings.